The maximum Gasteiger partial charge on any atom is 0.234 e. The van der Waals surface area contributed by atoms with Crippen molar-refractivity contribution in [2.24, 2.45) is 0 Å². The minimum absolute atomic E-state index is 0.0141. The zero-order valence-corrected chi connectivity index (χ0v) is 11.8. The normalized spacial score (nSPS) is 24.4. The molecule has 1 atom stereocenters. The first-order valence-corrected chi connectivity index (χ1v) is 7.09. The molecule has 4 nitrogen and oxygen atoms in total. The van der Waals surface area contributed by atoms with E-state index in [2.05, 4.69) is 38.3 Å². The van der Waals surface area contributed by atoms with E-state index < -0.39 is 0 Å². The number of aromatic nitrogens is 2. The highest BCUT2D eigenvalue weighted by atomic mass is 79.9. The minimum Gasteiger partial charge on any atom is -0.338 e. The average Bonchev–Trinajstić information content (AvgIpc) is 2.96. The number of rotatable bonds is 2. The first-order valence-electron chi connectivity index (χ1n) is 5.48. The standard InChI is InChI=1S/C11H12BrN3OS/c1-11(4-5-13-6-11)10-14-9(15-16-10)7-2-3-8(12)17-7/h2-3,13H,4-6H2,1H3. The summed E-state index contributed by atoms with van der Waals surface area (Å²) in [6, 6.07) is 3.99. The van der Waals surface area contributed by atoms with Crippen LogP contribution in [0.25, 0.3) is 10.7 Å². The van der Waals surface area contributed by atoms with Crippen molar-refractivity contribution in [3.8, 4) is 10.7 Å². The van der Waals surface area contributed by atoms with Crippen molar-refractivity contribution in [1.29, 1.82) is 0 Å². The van der Waals surface area contributed by atoms with Crippen molar-refractivity contribution >= 4 is 27.3 Å². The van der Waals surface area contributed by atoms with Gasteiger partial charge in [-0.1, -0.05) is 5.16 Å². The second-order valence-electron chi connectivity index (χ2n) is 4.51. The summed E-state index contributed by atoms with van der Waals surface area (Å²) in [7, 11) is 0. The minimum atomic E-state index is -0.0141. The Balaban J connectivity index is 1.92. The molecule has 3 heterocycles. The average molecular weight is 314 g/mol. The largest absolute Gasteiger partial charge is 0.338 e. The summed E-state index contributed by atoms with van der Waals surface area (Å²) in [5.74, 6) is 1.42. The second kappa shape index (κ2) is 4.19. The van der Waals surface area contributed by atoms with Crippen LogP contribution < -0.4 is 5.32 Å². The summed E-state index contributed by atoms with van der Waals surface area (Å²) < 4.78 is 6.48. The van der Waals surface area contributed by atoms with E-state index in [1.54, 1.807) is 11.3 Å². The van der Waals surface area contributed by atoms with Crippen LogP contribution in [-0.2, 0) is 5.41 Å². The van der Waals surface area contributed by atoms with Crippen LogP contribution in [0, 0.1) is 0 Å². The third kappa shape index (κ3) is 2.05. The van der Waals surface area contributed by atoms with Gasteiger partial charge in [-0.15, -0.1) is 11.3 Å². The molecular weight excluding hydrogens is 302 g/mol. The Labute approximate surface area is 112 Å². The predicted molar refractivity (Wildman–Crippen MR) is 70.1 cm³/mol. The van der Waals surface area contributed by atoms with Crippen LogP contribution in [0.4, 0.5) is 0 Å². The topological polar surface area (TPSA) is 51.0 Å². The molecule has 0 aliphatic carbocycles. The molecule has 1 aliphatic rings. The highest BCUT2D eigenvalue weighted by Gasteiger charge is 2.36. The molecule has 1 aliphatic heterocycles. The van der Waals surface area contributed by atoms with E-state index in [9.17, 15) is 0 Å². The van der Waals surface area contributed by atoms with Gasteiger partial charge in [-0.3, -0.25) is 0 Å². The van der Waals surface area contributed by atoms with Gasteiger partial charge in [0.05, 0.1) is 14.1 Å². The zero-order valence-electron chi connectivity index (χ0n) is 9.36. The predicted octanol–water partition coefficient (Wildman–Crippen LogP) is 2.81. The van der Waals surface area contributed by atoms with Crippen LogP contribution >= 0.6 is 27.3 Å². The van der Waals surface area contributed by atoms with Gasteiger partial charge in [0.1, 0.15) is 0 Å². The molecule has 6 heteroatoms. The van der Waals surface area contributed by atoms with Gasteiger partial charge < -0.3 is 9.84 Å². The molecule has 0 radical (unpaired) electrons. The summed E-state index contributed by atoms with van der Waals surface area (Å²) in [6.45, 7) is 4.08. The van der Waals surface area contributed by atoms with E-state index in [1.807, 2.05) is 12.1 Å². The van der Waals surface area contributed by atoms with Crippen LogP contribution in [0.3, 0.4) is 0 Å². The molecule has 2 aromatic rings. The number of halogens is 1. The van der Waals surface area contributed by atoms with E-state index in [4.69, 9.17) is 4.52 Å². The molecule has 3 rings (SSSR count). The van der Waals surface area contributed by atoms with E-state index in [0.717, 1.165) is 34.1 Å². The number of hydrogen-bond acceptors (Lipinski definition) is 5. The van der Waals surface area contributed by atoms with Crippen molar-refractivity contribution in [3.63, 3.8) is 0 Å². The SMILES string of the molecule is CC1(c2nc(-c3ccc(Br)s3)no2)CCNC1. The van der Waals surface area contributed by atoms with E-state index in [-0.39, 0.29) is 5.41 Å². The monoisotopic (exact) mass is 313 g/mol. The number of thiophene rings is 1. The molecule has 0 aromatic carbocycles. The van der Waals surface area contributed by atoms with Gasteiger partial charge in [-0.25, -0.2) is 0 Å². The van der Waals surface area contributed by atoms with Crippen molar-refractivity contribution < 1.29 is 4.52 Å². The smallest absolute Gasteiger partial charge is 0.234 e. The molecule has 1 N–H and O–H groups in total. The van der Waals surface area contributed by atoms with E-state index in [0.29, 0.717) is 5.82 Å². The lowest BCUT2D eigenvalue weighted by atomic mass is 9.90. The molecule has 17 heavy (non-hydrogen) atoms. The highest BCUT2D eigenvalue weighted by Crippen LogP contribution is 2.33. The summed E-state index contributed by atoms with van der Waals surface area (Å²) in [4.78, 5) is 5.55. The Morgan fingerprint density at radius 2 is 2.41 bits per heavy atom. The molecule has 90 valence electrons. The first-order chi connectivity index (χ1) is 8.17. The van der Waals surface area contributed by atoms with Gasteiger partial charge in [-0.2, -0.15) is 4.98 Å². The van der Waals surface area contributed by atoms with Gasteiger partial charge in [-0.05, 0) is 48.0 Å². The first kappa shape index (κ1) is 11.4. The van der Waals surface area contributed by atoms with Crippen molar-refractivity contribution in [2.45, 2.75) is 18.8 Å². The van der Waals surface area contributed by atoms with Crippen LogP contribution in [0.1, 0.15) is 19.2 Å². The lowest BCUT2D eigenvalue weighted by molar-refractivity contribution is 0.306. The Hall–Kier alpha value is -0.720. The molecule has 1 saturated heterocycles. The van der Waals surface area contributed by atoms with Gasteiger partial charge in [0.25, 0.3) is 0 Å². The third-order valence-corrected chi connectivity index (χ3v) is 4.72. The lowest BCUT2D eigenvalue weighted by Crippen LogP contribution is -2.25. The van der Waals surface area contributed by atoms with E-state index >= 15 is 0 Å². The van der Waals surface area contributed by atoms with Gasteiger partial charge >= 0.3 is 0 Å². The quantitative estimate of drug-likeness (QED) is 0.926. The van der Waals surface area contributed by atoms with Crippen LogP contribution in [-0.4, -0.2) is 23.2 Å². The lowest BCUT2D eigenvalue weighted by Gasteiger charge is -2.15. The Bertz CT molecular complexity index is 530. The zero-order chi connectivity index (χ0) is 11.9. The van der Waals surface area contributed by atoms with Crippen LogP contribution in [0.5, 0.6) is 0 Å². The summed E-state index contributed by atoms with van der Waals surface area (Å²) >= 11 is 5.05. The van der Waals surface area contributed by atoms with Gasteiger partial charge in [0, 0.05) is 6.54 Å². The van der Waals surface area contributed by atoms with Crippen LogP contribution in [0.2, 0.25) is 0 Å². The molecule has 1 fully saturated rings. The fourth-order valence-electron chi connectivity index (χ4n) is 2.00. The van der Waals surface area contributed by atoms with Gasteiger partial charge in [0.2, 0.25) is 11.7 Å². The van der Waals surface area contributed by atoms with Gasteiger partial charge in [0.15, 0.2) is 0 Å². The Morgan fingerprint density at radius 3 is 3.06 bits per heavy atom. The maximum atomic E-state index is 5.41. The molecular formula is C11H12BrN3OS. The fourth-order valence-corrected chi connectivity index (χ4v) is 3.31. The van der Waals surface area contributed by atoms with Crippen molar-refractivity contribution in [3.05, 3.63) is 21.8 Å². The van der Waals surface area contributed by atoms with Crippen LogP contribution in [0.15, 0.2) is 20.4 Å². The molecule has 2 aromatic heterocycles. The molecule has 1 unspecified atom stereocenters. The molecule has 0 bridgehead atoms. The third-order valence-electron chi connectivity index (χ3n) is 3.10. The summed E-state index contributed by atoms with van der Waals surface area (Å²) in [5, 5.41) is 7.40. The molecule has 0 saturated carbocycles. The number of hydrogen-bond donors (Lipinski definition) is 1. The molecule has 0 amide bonds. The Morgan fingerprint density at radius 1 is 1.53 bits per heavy atom. The molecule has 0 spiro atoms. The second-order valence-corrected chi connectivity index (χ2v) is 6.98. The summed E-state index contributed by atoms with van der Waals surface area (Å²) in [5.41, 5.74) is -0.0141. The van der Waals surface area contributed by atoms with E-state index in [1.165, 1.54) is 0 Å². The number of nitrogens with zero attached hydrogens (tertiary/aromatic N) is 2. The fraction of sp³-hybridized carbons (Fsp3) is 0.455. The summed E-state index contributed by atoms with van der Waals surface area (Å²) in [6.07, 6.45) is 1.04. The van der Waals surface area contributed by atoms with Crippen molar-refractivity contribution in [1.82, 2.24) is 15.5 Å². The highest BCUT2D eigenvalue weighted by molar-refractivity contribution is 9.11. The number of nitrogens with one attached hydrogen (secondary N) is 1. The maximum absolute atomic E-state index is 5.41. The van der Waals surface area contributed by atoms with Crippen molar-refractivity contribution in [2.75, 3.05) is 13.1 Å². The Kier molecular flexibility index (Phi) is 2.80.